The molecule has 0 aliphatic carbocycles. The molecular weight excluding hydrogens is 396 g/mol. The molecule has 5 nitrogen and oxygen atoms in total. The molecule has 2 aromatic rings. The van der Waals surface area contributed by atoms with E-state index >= 15 is 0 Å². The lowest BCUT2D eigenvalue weighted by Gasteiger charge is -2.18. The van der Waals surface area contributed by atoms with Gasteiger partial charge in [-0.05, 0) is 67.8 Å². The molecule has 2 rings (SSSR count). The van der Waals surface area contributed by atoms with Crippen LogP contribution in [0.25, 0.3) is 0 Å². The number of anilines is 1. The molecule has 0 heterocycles. The predicted octanol–water partition coefficient (Wildman–Crippen LogP) is 3.85. The summed E-state index contributed by atoms with van der Waals surface area (Å²) in [7, 11) is 1.58. The minimum atomic E-state index is -0.258. The summed E-state index contributed by atoms with van der Waals surface area (Å²) in [5.41, 5.74) is 3.94. The lowest BCUT2D eigenvalue weighted by atomic mass is 10.1. The fraction of sp³-hybridized carbons (Fsp3) is 0.300. The molecule has 138 valence electrons. The van der Waals surface area contributed by atoms with E-state index in [1.54, 1.807) is 7.05 Å². The van der Waals surface area contributed by atoms with Crippen molar-refractivity contribution in [1.29, 1.82) is 0 Å². The Morgan fingerprint density at radius 3 is 2.42 bits per heavy atom. The van der Waals surface area contributed by atoms with E-state index in [2.05, 4.69) is 21.2 Å². The predicted molar refractivity (Wildman–Crippen MR) is 107 cm³/mol. The molecule has 0 aromatic heterocycles. The zero-order valence-electron chi connectivity index (χ0n) is 15.4. The average Bonchev–Trinajstić information content (AvgIpc) is 2.58. The van der Waals surface area contributed by atoms with Gasteiger partial charge in [-0.2, -0.15) is 0 Å². The number of halogens is 1. The first-order chi connectivity index (χ1) is 12.3. The molecular formula is C20H23BrN2O3. The SMILES string of the molecule is Cc1ccc(OCC(=O)N(C)CC(=O)Nc2ccc(Br)cc2C)cc1C. The largest absolute Gasteiger partial charge is 0.484 e. The van der Waals surface area contributed by atoms with Crippen molar-refractivity contribution in [3.05, 3.63) is 57.6 Å². The summed E-state index contributed by atoms with van der Waals surface area (Å²) in [4.78, 5) is 25.7. The van der Waals surface area contributed by atoms with Crippen LogP contribution in [-0.2, 0) is 9.59 Å². The van der Waals surface area contributed by atoms with Gasteiger partial charge in [-0.3, -0.25) is 9.59 Å². The molecule has 0 unspecified atom stereocenters. The number of carbonyl (C=O) groups is 2. The van der Waals surface area contributed by atoms with Crippen molar-refractivity contribution in [3.63, 3.8) is 0 Å². The molecule has 0 aliphatic heterocycles. The molecule has 1 N–H and O–H groups in total. The van der Waals surface area contributed by atoms with Gasteiger partial charge < -0.3 is 15.0 Å². The van der Waals surface area contributed by atoms with Gasteiger partial charge in [0.05, 0.1) is 6.54 Å². The van der Waals surface area contributed by atoms with Crippen molar-refractivity contribution in [1.82, 2.24) is 4.90 Å². The molecule has 0 radical (unpaired) electrons. The number of rotatable bonds is 6. The number of amides is 2. The van der Waals surface area contributed by atoms with Crippen LogP contribution in [0.5, 0.6) is 5.75 Å². The van der Waals surface area contributed by atoms with E-state index in [4.69, 9.17) is 4.74 Å². The highest BCUT2D eigenvalue weighted by molar-refractivity contribution is 9.10. The van der Waals surface area contributed by atoms with E-state index in [0.717, 1.165) is 21.3 Å². The fourth-order valence-corrected chi connectivity index (χ4v) is 2.80. The van der Waals surface area contributed by atoms with Gasteiger partial charge in [-0.25, -0.2) is 0 Å². The minimum absolute atomic E-state index is 0.0371. The van der Waals surface area contributed by atoms with E-state index in [-0.39, 0.29) is 25.0 Å². The number of likely N-dealkylation sites (N-methyl/N-ethyl adjacent to an activating group) is 1. The number of carbonyl (C=O) groups excluding carboxylic acids is 2. The number of aryl methyl sites for hydroxylation is 3. The van der Waals surface area contributed by atoms with Gasteiger partial charge in [-0.15, -0.1) is 0 Å². The van der Waals surface area contributed by atoms with Crippen LogP contribution in [0.15, 0.2) is 40.9 Å². The fourth-order valence-electron chi connectivity index (χ4n) is 2.32. The van der Waals surface area contributed by atoms with Gasteiger partial charge in [0.15, 0.2) is 6.61 Å². The lowest BCUT2D eigenvalue weighted by molar-refractivity contribution is -0.135. The molecule has 2 amide bonds. The second kappa shape index (κ2) is 8.85. The van der Waals surface area contributed by atoms with Crippen LogP contribution in [0.3, 0.4) is 0 Å². The Morgan fingerprint density at radius 2 is 1.77 bits per heavy atom. The van der Waals surface area contributed by atoms with Gasteiger partial charge in [-0.1, -0.05) is 22.0 Å². The Hall–Kier alpha value is -2.34. The molecule has 0 saturated carbocycles. The van der Waals surface area contributed by atoms with E-state index in [0.29, 0.717) is 5.75 Å². The topological polar surface area (TPSA) is 58.6 Å². The smallest absolute Gasteiger partial charge is 0.260 e. The van der Waals surface area contributed by atoms with Crippen molar-refractivity contribution in [2.75, 3.05) is 25.5 Å². The monoisotopic (exact) mass is 418 g/mol. The van der Waals surface area contributed by atoms with E-state index < -0.39 is 0 Å². The van der Waals surface area contributed by atoms with Crippen molar-refractivity contribution in [3.8, 4) is 5.75 Å². The average molecular weight is 419 g/mol. The Bertz CT molecular complexity index is 821. The number of ether oxygens (including phenoxy) is 1. The van der Waals surface area contributed by atoms with Gasteiger partial charge in [0.2, 0.25) is 5.91 Å². The molecule has 0 bridgehead atoms. The molecule has 0 spiro atoms. The zero-order chi connectivity index (χ0) is 19.3. The number of nitrogens with one attached hydrogen (secondary N) is 1. The van der Waals surface area contributed by atoms with Gasteiger partial charge in [0.1, 0.15) is 5.75 Å². The summed E-state index contributed by atoms with van der Waals surface area (Å²) in [6, 6.07) is 11.3. The maximum Gasteiger partial charge on any atom is 0.260 e. The van der Waals surface area contributed by atoms with Gasteiger partial charge >= 0.3 is 0 Å². The minimum Gasteiger partial charge on any atom is -0.484 e. The van der Waals surface area contributed by atoms with Crippen molar-refractivity contribution in [2.24, 2.45) is 0 Å². The zero-order valence-corrected chi connectivity index (χ0v) is 17.0. The summed E-state index contributed by atoms with van der Waals surface area (Å²) in [5, 5.41) is 2.82. The third kappa shape index (κ3) is 5.59. The van der Waals surface area contributed by atoms with Gasteiger partial charge in [0.25, 0.3) is 5.91 Å². The van der Waals surface area contributed by atoms with Crippen molar-refractivity contribution < 1.29 is 14.3 Å². The maximum atomic E-state index is 12.2. The Kier molecular flexibility index (Phi) is 6.80. The number of benzene rings is 2. The summed E-state index contributed by atoms with van der Waals surface area (Å²) in [6.07, 6.45) is 0. The summed E-state index contributed by atoms with van der Waals surface area (Å²) in [6.45, 7) is 5.77. The van der Waals surface area contributed by atoms with Crippen LogP contribution in [-0.4, -0.2) is 36.9 Å². The van der Waals surface area contributed by atoms with E-state index in [1.807, 2.05) is 57.2 Å². The first-order valence-electron chi connectivity index (χ1n) is 8.26. The van der Waals surface area contributed by atoms with Crippen molar-refractivity contribution >= 4 is 33.4 Å². The molecule has 26 heavy (non-hydrogen) atoms. The number of hydrogen-bond acceptors (Lipinski definition) is 3. The molecule has 2 aromatic carbocycles. The summed E-state index contributed by atoms with van der Waals surface area (Å²) < 4.78 is 6.48. The van der Waals surface area contributed by atoms with E-state index in [9.17, 15) is 9.59 Å². The van der Waals surface area contributed by atoms with Crippen LogP contribution in [0.2, 0.25) is 0 Å². The number of nitrogens with zero attached hydrogens (tertiary/aromatic N) is 1. The highest BCUT2D eigenvalue weighted by atomic mass is 79.9. The van der Waals surface area contributed by atoms with Crippen LogP contribution in [0.1, 0.15) is 16.7 Å². The third-order valence-electron chi connectivity index (χ3n) is 4.11. The second-order valence-electron chi connectivity index (χ2n) is 6.29. The van der Waals surface area contributed by atoms with Crippen LogP contribution < -0.4 is 10.1 Å². The lowest BCUT2D eigenvalue weighted by Crippen LogP contribution is -2.37. The highest BCUT2D eigenvalue weighted by Gasteiger charge is 2.14. The van der Waals surface area contributed by atoms with Crippen molar-refractivity contribution in [2.45, 2.75) is 20.8 Å². The summed E-state index contributed by atoms with van der Waals surface area (Å²) >= 11 is 3.39. The Morgan fingerprint density at radius 1 is 1.04 bits per heavy atom. The molecule has 6 heteroatoms. The van der Waals surface area contributed by atoms with Crippen LogP contribution in [0, 0.1) is 20.8 Å². The van der Waals surface area contributed by atoms with E-state index in [1.165, 1.54) is 10.5 Å². The molecule has 0 aliphatic rings. The van der Waals surface area contributed by atoms with Crippen LogP contribution >= 0.6 is 15.9 Å². The second-order valence-corrected chi connectivity index (χ2v) is 7.21. The molecule has 0 atom stereocenters. The molecule has 0 fully saturated rings. The summed E-state index contributed by atoms with van der Waals surface area (Å²) in [5.74, 6) is 0.133. The maximum absolute atomic E-state index is 12.2. The highest BCUT2D eigenvalue weighted by Crippen LogP contribution is 2.20. The Balaban J connectivity index is 1.85. The third-order valence-corrected chi connectivity index (χ3v) is 4.60. The Labute approximate surface area is 162 Å². The van der Waals surface area contributed by atoms with Gasteiger partial charge in [0, 0.05) is 17.2 Å². The standard InChI is InChI=1S/C20H23BrN2O3/c1-13-5-7-17(10-14(13)2)26-12-20(25)23(4)11-19(24)22-18-8-6-16(21)9-15(18)3/h5-10H,11-12H2,1-4H3,(H,22,24). The van der Waals surface area contributed by atoms with Crippen LogP contribution in [0.4, 0.5) is 5.69 Å². The first kappa shape index (κ1) is 20.0. The molecule has 0 saturated heterocycles. The normalized spacial score (nSPS) is 10.3. The first-order valence-corrected chi connectivity index (χ1v) is 9.05. The quantitative estimate of drug-likeness (QED) is 0.774. The number of hydrogen-bond donors (Lipinski definition) is 1.